The second-order valence-corrected chi connectivity index (χ2v) is 6.46. The third-order valence-corrected chi connectivity index (χ3v) is 4.74. The molecule has 4 rings (SSSR count). The van der Waals surface area contributed by atoms with Crippen molar-refractivity contribution in [2.24, 2.45) is 5.92 Å². The van der Waals surface area contributed by atoms with Gasteiger partial charge in [0, 0.05) is 18.9 Å². The van der Waals surface area contributed by atoms with E-state index in [-0.39, 0.29) is 11.8 Å². The van der Waals surface area contributed by atoms with E-state index in [0.29, 0.717) is 25.3 Å². The lowest BCUT2D eigenvalue weighted by Gasteiger charge is -2.26. The Kier molecular flexibility index (Phi) is 4.78. The first-order valence-corrected chi connectivity index (χ1v) is 8.90. The number of carbonyl (C=O) groups excluding carboxylic acids is 1. The minimum atomic E-state index is -0.221. The number of hydrogen-bond donors (Lipinski definition) is 1. The molecule has 1 aliphatic rings. The first-order valence-electron chi connectivity index (χ1n) is 8.90. The zero-order valence-electron chi connectivity index (χ0n) is 15.1. The van der Waals surface area contributed by atoms with E-state index in [1.807, 2.05) is 54.7 Å². The normalized spacial score (nSPS) is 15.5. The zero-order valence-corrected chi connectivity index (χ0v) is 15.1. The van der Waals surface area contributed by atoms with Crippen LogP contribution in [-0.4, -0.2) is 29.4 Å². The van der Waals surface area contributed by atoms with Crippen molar-refractivity contribution in [1.29, 1.82) is 0 Å². The Morgan fingerprint density at radius 3 is 2.96 bits per heavy atom. The van der Waals surface area contributed by atoms with Gasteiger partial charge in [0.1, 0.15) is 6.61 Å². The number of aromatic nitrogens is 2. The van der Waals surface area contributed by atoms with Crippen molar-refractivity contribution in [2.45, 2.75) is 13.0 Å². The standard InChI is InChI=1S/C21H21N3O3/c1-26-19-9-4-7-15-12-17(14-27-20(15)19)21(25)22-13-16-6-2-3-8-18(16)24-11-5-10-23-24/h2-11,17H,12-14H2,1H3,(H,22,25)/t17-/m0/s1. The Bertz CT molecular complexity index is 938. The molecule has 27 heavy (non-hydrogen) atoms. The summed E-state index contributed by atoms with van der Waals surface area (Å²) >= 11 is 0. The van der Waals surface area contributed by atoms with Gasteiger partial charge in [0.25, 0.3) is 0 Å². The number of ether oxygens (including phenoxy) is 2. The number of para-hydroxylation sites is 2. The van der Waals surface area contributed by atoms with Crippen molar-refractivity contribution in [3.63, 3.8) is 0 Å². The summed E-state index contributed by atoms with van der Waals surface area (Å²) in [6, 6.07) is 15.5. The maximum absolute atomic E-state index is 12.7. The summed E-state index contributed by atoms with van der Waals surface area (Å²) in [4.78, 5) is 12.7. The zero-order chi connectivity index (χ0) is 18.6. The number of carbonyl (C=O) groups is 1. The van der Waals surface area contributed by atoms with Gasteiger partial charge in [0.05, 0.1) is 18.7 Å². The minimum absolute atomic E-state index is 0.0151. The van der Waals surface area contributed by atoms with Crippen molar-refractivity contribution in [2.75, 3.05) is 13.7 Å². The minimum Gasteiger partial charge on any atom is -0.493 e. The third kappa shape index (κ3) is 3.51. The smallest absolute Gasteiger partial charge is 0.227 e. The predicted octanol–water partition coefficient (Wildman–Crippen LogP) is 2.75. The topological polar surface area (TPSA) is 65.4 Å². The van der Waals surface area contributed by atoms with Crippen LogP contribution in [0.1, 0.15) is 11.1 Å². The molecule has 1 N–H and O–H groups in total. The molecule has 6 heteroatoms. The molecule has 0 bridgehead atoms. The van der Waals surface area contributed by atoms with Crippen LogP contribution >= 0.6 is 0 Å². The molecule has 138 valence electrons. The summed E-state index contributed by atoms with van der Waals surface area (Å²) in [6.07, 6.45) is 4.26. The van der Waals surface area contributed by atoms with E-state index >= 15 is 0 Å². The van der Waals surface area contributed by atoms with Gasteiger partial charge in [-0.3, -0.25) is 4.79 Å². The summed E-state index contributed by atoms with van der Waals surface area (Å²) in [5.41, 5.74) is 2.96. The summed E-state index contributed by atoms with van der Waals surface area (Å²) in [6.45, 7) is 0.788. The van der Waals surface area contributed by atoms with Crippen molar-refractivity contribution in [3.8, 4) is 17.2 Å². The molecule has 1 amide bonds. The molecule has 2 aromatic carbocycles. The molecule has 0 unspecified atom stereocenters. The number of rotatable bonds is 5. The van der Waals surface area contributed by atoms with Gasteiger partial charge < -0.3 is 14.8 Å². The quantitative estimate of drug-likeness (QED) is 0.757. The lowest BCUT2D eigenvalue weighted by Crippen LogP contribution is -2.37. The van der Waals surface area contributed by atoms with E-state index in [0.717, 1.165) is 22.6 Å². The molecule has 0 saturated carbocycles. The predicted molar refractivity (Wildman–Crippen MR) is 101 cm³/mol. The van der Waals surface area contributed by atoms with Crippen molar-refractivity contribution < 1.29 is 14.3 Å². The number of benzene rings is 2. The highest BCUT2D eigenvalue weighted by molar-refractivity contribution is 5.79. The lowest BCUT2D eigenvalue weighted by molar-refractivity contribution is -0.126. The highest BCUT2D eigenvalue weighted by Crippen LogP contribution is 2.36. The van der Waals surface area contributed by atoms with Gasteiger partial charge in [0.15, 0.2) is 11.5 Å². The number of amides is 1. The second-order valence-electron chi connectivity index (χ2n) is 6.46. The second kappa shape index (κ2) is 7.53. The van der Waals surface area contributed by atoms with Gasteiger partial charge in [-0.05, 0) is 35.7 Å². The third-order valence-electron chi connectivity index (χ3n) is 4.74. The fraction of sp³-hybridized carbons (Fsp3) is 0.238. The first-order chi connectivity index (χ1) is 13.3. The molecule has 0 spiro atoms. The molecule has 0 saturated heterocycles. The Morgan fingerprint density at radius 2 is 2.15 bits per heavy atom. The highest BCUT2D eigenvalue weighted by atomic mass is 16.5. The fourth-order valence-corrected chi connectivity index (χ4v) is 3.35. The Hall–Kier alpha value is -3.28. The molecule has 1 atom stereocenters. The fourth-order valence-electron chi connectivity index (χ4n) is 3.35. The number of fused-ring (bicyclic) bond motifs is 1. The van der Waals surface area contributed by atoms with Crippen LogP contribution in [0.3, 0.4) is 0 Å². The van der Waals surface area contributed by atoms with Crippen molar-refractivity contribution in [3.05, 3.63) is 72.1 Å². The van der Waals surface area contributed by atoms with Crippen LogP contribution in [0.25, 0.3) is 5.69 Å². The Balaban J connectivity index is 1.44. The van der Waals surface area contributed by atoms with Gasteiger partial charge in [-0.15, -0.1) is 0 Å². The first kappa shape index (κ1) is 17.1. The van der Waals surface area contributed by atoms with Crippen LogP contribution in [0.4, 0.5) is 0 Å². The molecule has 1 aromatic heterocycles. The number of nitrogens with zero attached hydrogens (tertiary/aromatic N) is 2. The van der Waals surface area contributed by atoms with E-state index < -0.39 is 0 Å². The van der Waals surface area contributed by atoms with Gasteiger partial charge in [-0.1, -0.05) is 30.3 Å². The molecular formula is C21H21N3O3. The molecule has 0 radical (unpaired) electrons. The van der Waals surface area contributed by atoms with Crippen LogP contribution in [0.15, 0.2) is 60.9 Å². The van der Waals surface area contributed by atoms with Crippen molar-refractivity contribution >= 4 is 5.91 Å². The number of methoxy groups -OCH3 is 1. The number of nitrogens with one attached hydrogen (secondary N) is 1. The summed E-state index contributed by atoms with van der Waals surface area (Å²) in [5, 5.41) is 7.32. The van der Waals surface area contributed by atoms with Gasteiger partial charge >= 0.3 is 0 Å². The monoisotopic (exact) mass is 363 g/mol. The summed E-state index contributed by atoms with van der Waals surface area (Å²) in [5.74, 6) is 1.22. The molecule has 0 fully saturated rings. The van der Waals surface area contributed by atoms with Crippen LogP contribution in [0.2, 0.25) is 0 Å². The Labute approximate surface area is 157 Å². The SMILES string of the molecule is COc1cccc2c1OC[C@@H](C(=O)NCc1ccccc1-n1cccn1)C2. The average molecular weight is 363 g/mol. The van der Waals surface area contributed by atoms with E-state index in [9.17, 15) is 4.79 Å². The molecule has 6 nitrogen and oxygen atoms in total. The van der Waals surface area contributed by atoms with E-state index in [2.05, 4.69) is 10.4 Å². The maximum atomic E-state index is 12.7. The van der Waals surface area contributed by atoms with Crippen LogP contribution < -0.4 is 14.8 Å². The highest BCUT2D eigenvalue weighted by Gasteiger charge is 2.27. The maximum Gasteiger partial charge on any atom is 0.227 e. The molecule has 2 heterocycles. The lowest BCUT2D eigenvalue weighted by atomic mass is 9.95. The van der Waals surface area contributed by atoms with E-state index in [1.165, 1.54) is 0 Å². The molecule has 0 aliphatic carbocycles. The Morgan fingerprint density at radius 1 is 1.26 bits per heavy atom. The molecule has 3 aromatic rings. The molecular weight excluding hydrogens is 342 g/mol. The van der Waals surface area contributed by atoms with Crippen LogP contribution in [-0.2, 0) is 17.8 Å². The van der Waals surface area contributed by atoms with Gasteiger partial charge in [-0.25, -0.2) is 4.68 Å². The van der Waals surface area contributed by atoms with E-state index in [4.69, 9.17) is 9.47 Å². The van der Waals surface area contributed by atoms with E-state index in [1.54, 1.807) is 18.0 Å². The van der Waals surface area contributed by atoms with Gasteiger partial charge in [-0.2, -0.15) is 5.10 Å². The average Bonchev–Trinajstić information content (AvgIpc) is 3.26. The number of hydrogen-bond acceptors (Lipinski definition) is 4. The summed E-state index contributed by atoms with van der Waals surface area (Å²) in [7, 11) is 1.62. The van der Waals surface area contributed by atoms with Crippen LogP contribution in [0.5, 0.6) is 11.5 Å². The van der Waals surface area contributed by atoms with Gasteiger partial charge in [0.2, 0.25) is 5.91 Å². The van der Waals surface area contributed by atoms with Crippen LogP contribution in [0, 0.1) is 5.92 Å². The van der Waals surface area contributed by atoms with Crippen molar-refractivity contribution in [1.82, 2.24) is 15.1 Å². The summed E-state index contributed by atoms with van der Waals surface area (Å²) < 4.78 is 12.9. The molecule has 1 aliphatic heterocycles. The largest absolute Gasteiger partial charge is 0.493 e.